The van der Waals surface area contributed by atoms with Crippen LogP contribution in [0.1, 0.15) is 32.1 Å². The van der Waals surface area contributed by atoms with E-state index in [0.29, 0.717) is 6.54 Å². The first-order chi connectivity index (χ1) is 9.72. The van der Waals surface area contributed by atoms with Gasteiger partial charge >= 0.3 is 0 Å². The molecule has 0 radical (unpaired) electrons. The van der Waals surface area contributed by atoms with E-state index < -0.39 is 0 Å². The van der Waals surface area contributed by atoms with Crippen LogP contribution in [0.25, 0.3) is 0 Å². The summed E-state index contributed by atoms with van der Waals surface area (Å²) in [6.45, 7) is 2.01. The highest BCUT2D eigenvalue weighted by molar-refractivity contribution is 5.95. The lowest BCUT2D eigenvalue weighted by Crippen LogP contribution is -2.47. The third kappa shape index (κ3) is 2.58. The van der Waals surface area contributed by atoms with Gasteiger partial charge in [0.05, 0.1) is 29.9 Å². The minimum Gasteiger partial charge on any atom is -0.376 e. The van der Waals surface area contributed by atoms with Crippen molar-refractivity contribution in [3.63, 3.8) is 0 Å². The quantitative estimate of drug-likeness (QED) is 0.846. The van der Waals surface area contributed by atoms with E-state index in [1.807, 2.05) is 10.9 Å². The van der Waals surface area contributed by atoms with Crippen molar-refractivity contribution in [1.82, 2.24) is 9.78 Å². The predicted octanol–water partition coefficient (Wildman–Crippen LogP) is 1.13. The van der Waals surface area contributed by atoms with Crippen LogP contribution in [0, 0.1) is 5.41 Å². The van der Waals surface area contributed by atoms with Gasteiger partial charge in [-0.25, -0.2) is 0 Å². The summed E-state index contributed by atoms with van der Waals surface area (Å²) in [6, 6.07) is 0. The molecule has 1 saturated carbocycles. The number of ether oxygens (including phenoxy) is 1. The molecule has 0 bridgehead atoms. The fourth-order valence-electron chi connectivity index (χ4n) is 2.92. The van der Waals surface area contributed by atoms with Crippen LogP contribution < -0.4 is 11.1 Å². The van der Waals surface area contributed by atoms with Crippen LogP contribution in [0.4, 0.5) is 5.69 Å². The molecule has 0 spiro atoms. The van der Waals surface area contributed by atoms with Crippen LogP contribution >= 0.6 is 0 Å². The highest BCUT2D eigenvalue weighted by atomic mass is 16.5. The maximum atomic E-state index is 12.2. The molecule has 0 aromatic carbocycles. The molecule has 2 fully saturated rings. The van der Waals surface area contributed by atoms with Gasteiger partial charge in [0.25, 0.3) is 0 Å². The molecule has 3 N–H and O–H groups in total. The molecule has 6 heteroatoms. The van der Waals surface area contributed by atoms with Crippen molar-refractivity contribution in [3.8, 4) is 0 Å². The average Bonchev–Trinajstić information content (AvgIpc) is 3.01. The number of carbonyl (C=O) groups excluding carboxylic acids is 1. The molecule has 1 aromatic heterocycles. The summed E-state index contributed by atoms with van der Waals surface area (Å²) in [4.78, 5) is 12.2. The van der Waals surface area contributed by atoms with Crippen LogP contribution in [-0.2, 0) is 16.1 Å². The number of hydrogen-bond acceptors (Lipinski definition) is 4. The lowest BCUT2D eigenvalue weighted by atomic mass is 9.68. The maximum Gasteiger partial charge on any atom is 0.231 e. The molecule has 1 unspecified atom stereocenters. The molecule has 3 rings (SSSR count). The summed E-state index contributed by atoms with van der Waals surface area (Å²) in [7, 11) is 0. The van der Waals surface area contributed by atoms with Crippen LogP contribution in [0.3, 0.4) is 0 Å². The Balaban J connectivity index is 1.58. The monoisotopic (exact) mass is 278 g/mol. The number of anilines is 1. The van der Waals surface area contributed by atoms with Gasteiger partial charge in [-0.05, 0) is 25.7 Å². The standard InChI is InChI=1S/C14H22N4O2/c15-10-14(4-2-5-14)13(19)17-11-7-16-18(8-11)9-12-3-1-6-20-12/h7-8,12H,1-6,9-10,15H2,(H,17,19). The Bertz CT molecular complexity index is 470. The second kappa shape index (κ2) is 5.54. The molecule has 110 valence electrons. The predicted molar refractivity (Wildman–Crippen MR) is 75.2 cm³/mol. The number of nitrogens with two attached hydrogens (primary N) is 1. The molecule has 1 aliphatic heterocycles. The van der Waals surface area contributed by atoms with Crippen LogP contribution in [-0.4, -0.2) is 34.9 Å². The lowest BCUT2D eigenvalue weighted by molar-refractivity contribution is -0.129. The first-order valence-electron chi connectivity index (χ1n) is 7.37. The molecule has 2 heterocycles. The summed E-state index contributed by atoms with van der Waals surface area (Å²) in [5, 5.41) is 7.21. The van der Waals surface area contributed by atoms with Crippen molar-refractivity contribution in [1.29, 1.82) is 0 Å². The number of hydrogen-bond donors (Lipinski definition) is 2. The summed E-state index contributed by atoms with van der Waals surface area (Å²) >= 11 is 0. The van der Waals surface area contributed by atoms with Gasteiger partial charge in [0.2, 0.25) is 5.91 Å². The summed E-state index contributed by atoms with van der Waals surface area (Å²) < 4.78 is 7.42. The van der Waals surface area contributed by atoms with E-state index in [4.69, 9.17) is 10.5 Å². The third-order valence-corrected chi connectivity index (χ3v) is 4.49. The number of amides is 1. The fourth-order valence-corrected chi connectivity index (χ4v) is 2.92. The van der Waals surface area contributed by atoms with E-state index in [-0.39, 0.29) is 17.4 Å². The SMILES string of the molecule is NCC1(C(=O)Nc2cnn(CC3CCCO3)c2)CCC1. The maximum absolute atomic E-state index is 12.2. The van der Waals surface area contributed by atoms with Gasteiger partial charge in [-0.2, -0.15) is 5.10 Å². The molecule has 20 heavy (non-hydrogen) atoms. The van der Waals surface area contributed by atoms with Crippen LogP contribution in [0.2, 0.25) is 0 Å². The second-order valence-corrected chi connectivity index (χ2v) is 5.88. The molecule has 1 aromatic rings. The molecule has 1 amide bonds. The second-order valence-electron chi connectivity index (χ2n) is 5.88. The van der Waals surface area contributed by atoms with Crippen molar-refractivity contribution in [2.24, 2.45) is 11.1 Å². The Hall–Kier alpha value is -1.40. The lowest BCUT2D eigenvalue weighted by Gasteiger charge is -2.38. The zero-order chi connectivity index (χ0) is 14.0. The van der Waals surface area contributed by atoms with Crippen molar-refractivity contribution < 1.29 is 9.53 Å². The van der Waals surface area contributed by atoms with E-state index in [0.717, 1.165) is 50.9 Å². The molecule has 6 nitrogen and oxygen atoms in total. The molecule has 1 aliphatic carbocycles. The van der Waals surface area contributed by atoms with Crippen molar-refractivity contribution >= 4 is 11.6 Å². The number of nitrogens with zero attached hydrogens (tertiary/aromatic N) is 2. The summed E-state index contributed by atoms with van der Waals surface area (Å²) in [6.07, 6.45) is 8.87. The van der Waals surface area contributed by atoms with Crippen molar-refractivity contribution in [3.05, 3.63) is 12.4 Å². The molecule has 1 saturated heterocycles. The third-order valence-electron chi connectivity index (χ3n) is 4.49. The van der Waals surface area contributed by atoms with Crippen molar-refractivity contribution in [2.75, 3.05) is 18.5 Å². The highest BCUT2D eigenvalue weighted by Crippen LogP contribution is 2.40. The van der Waals surface area contributed by atoms with Gasteiger partial charge in [-0.3, -0.25) is 9.48 Å². The topological polar surface area (TPSA) is 82.2 Å². The van der Waals surface area contributed by atoms with E-state index in [1.165, 1.54) is 0 Å². The van der Waals surface area contributed by atoms with Gasteiger partial charge in [-0.1, -0.05) is 6.42 Å². The first kappa shape index (κ1) is 13.6. The fraction of sp³-hybridized carbons (Fsp3) is 0.714. The zero-order valence-corrected chi connectivity index (χ0v) is 11.7. The Kier molecular flexibility index (Phi) is 3.76. The largest absolute Gasteiger partial charge is 0.376 e. The molecular formula is C14H22N4O2. The summed E-state index contributed by atoms with van der Waals surface area (Å²) in [5.41, 5.74) is 6.13. The Morgan fingerprint density at radius 3 is 3.00 bits per heavy atom. The normalized spacial score (nSPS) is 24.4. The van der Waals surface area contributed by atoms with E-state index in [1.54, 1.807) is 6.20 Å². The minimum absolute atomic E-state index is 0.0305. The van der Waals surface area contributed by atoms with E-state index in [9.17, 15) is 4.79 Å². The number of aromatic nitrogens is 2. The van der Waals surface area contributed by atoms with E-state index in [2.05, 4.69) is 10.4 Å². The first-order valence-corrected chi connectivity index (χ1v) is 7.37. The number of nitrogens with one attached hydrogen (secondary N) is 1. The summed E-state index contributed by atoms with van der Waals surface area (Å²) in [5.74, 6) is 0.0305. The molecule has 2 aliphatic rings. The smallest absolute Gasteiger partial charge is 0.231 e. The highest BCUT2D eigenvalue weighted by Gasteiger charge is 2.42. The average molecular weight is 278 g/mol. The van der Waals surface area contributed by atoms with Gasteiger partial charge < -0.3 is 15.8 Å². The Labute approximate surface area is 118 Å². The van der Waals surface area contributed by atoms with Gasteiger partial charge in [0, 0.05) is 19.3 Å². The molecular weight excluding hydrogens is 256 g/mol. The Morgan fingerprint density at radius 1 is 1.55 bits per heavy atom. The molecule has 1 atom stereocenters. The van der Waals surface area contributed by atoms with Crippen LogP contribution in [0.5, 0.6) is 0 Å². The van der Waals surface area contributed by atoms with Gasteiger partial charge in [0.1, 0.15) is 0 Å². The Morgan fingerprint density at radius 2 is 2.40 bits per heavy atom. The zero-order valence-electron chi connectivity index (χ0n) is 11.7. The van der Waals surface area contributed by atoms with Crippen molar-refractivity contribution in [2.45, 2.75) is 44.8 Å². The minimum atomic E-state index is -0.351. The number of carbonyl (C=O) groups is 1. The number of rotatable bonds is 5. The van der Waals surface area contributed by atoms with E-state index >= 15 is 0 Å². The van der Waals surface area contributed by atoms with Gasteiger partial charge in [-0.15, -0.1) is 0 Å². The van der Waals surface area contributed by atoms with Crippen LogP contribution in [0.15, 0.2) is 12.4 Å². The van der Waals surface area contributed by atoms with Gasteiger partial charge in [0.15, 0.2) is 0 Å².